The van der Waals surface area contributed by atoms with Crippen molar-refractivity contribution in [2.24, 2.45) is 5.73 Å². The molecular weight excluding hydrogens is 268 g/mol. The minimum atomic E-state index is 0.0438. The Morgan fingerprint density at radius 2 is 2.24 bits per heavy atom. The zero-order valence-electron chi connectivity index (χ0n) is 12.6. The molecule has 1 aliphatic heterocycles. The summed E-state index contributed by atoms with van der Waals surface area (Å²) in [5.41, 5.74) is 6.45. The van der Waals surface area contributed by atoms with Crippen molar-refractivity contribution in [1.82, 2.24) is 4.90 Å². The summed E-state index contributed by atoms with van der Waals surface area (Å²) in [6, 6.07) is 7.47. The first-order valence-corrected chi connectivity index (χ1v) is 7.49. The molecule has 2 rings (SSSR count). The Balaban J connectivity index is 2.05. The van der Waals surface area contributed by atoms with Crippen LogP contribution in [0.1, 0.15) is 29.6 Å². The van der Waals surface area contributed by atoms with Crippen LogP contribution in [0.15, 0.2) is 24.3 Å². The number of hydrogen-bond acceptors (Lipinski definition) is 4. The average molecular weight is 292 g/mol. The monoisotopic (exact) mass is 292 g/mol. The van der Waals surface area contributed by atoms with Gasteiger partial charge in [-0.05, 0) is 37.5 Å². The SMILES string of the molecule is COCCOc1cccc(C(=O)N2CCCCC2CN)c1. The minimum absolute atomic E-state index is 0.0438. The summed E-state index contributed by atoms with van der Waals surface area (Å²) in [6.45, 7) is 2.31. The summed E-state index contributed by atoms with van der Waals surface area (Å²) in [7, 11) is 1.63. The van der Waals surface area contributed by atoms with E-state index in [1.165, 1.54) is 0 Å². The van der Waals surface area contributed by atoms with Crippen LogP contribution in [-0.2, 0) is 4.74 Å². The number of ether oxygens (including phenoxy) is 2. The molecule has 1 aromatic carbocycles. The van der Waals surface area contributed by atoms with E-state index in [0.717, 1.165) is 25.8 Å². The number of amides is 1. The van der Waals surface area contributed by atoms with Gasteiger partial charge in [-0.3, -0.25) is 4.79 Å². The number of hydrogen-bond donors (Lipinski definition) is 1. The fourth-order valence-corrected chi connectivity index (χ4v) is 2.64. The van der Waals surface area contributed by atoms with Gasteiger partial charge < -0.3 is 20.1 Å². The molecule has 116 valence electrons. The van der Waals surface area contributed by atoms with Crippen molar-refractivity contribution in [3.63, 3.8) is 0 Å². The third kappa shape index (κ3) is 4.19. The van der Waals surface area contributed by atoms with Gasteiger partial charge in [0.1, 0.15) is 12.4 Å². The Kier molecular flexibility index (Phi) is 6.02. The molecule has 1 aromatic rings. The van der Waals surface area contributed by atoms with Crippen molar-refractivity contribution in [2.45, 2.75) is 25.3 Å². The number of benzene rings is 1. The van der Waals surface area contributed by atoms with E-state index < -0.39 is 0 Å². The van der Waals surface area contributed by atoms with Crippen molar-refractivity contribution in [3.05, 3.63) is 29.8 Å². The van der Waals surface area contributed by atoms with Crippen LogP contribution in [-0.4, -0.2) is 50.3 Å². The first-order chi connectivity index (χ1) is 10.3. The molecule has 1 heterocycles. The number of carbonyl (C=O) groups excluding carboxylic acids is 1. The number of rotatable bonds is 6. The molecule has 2 N–H and O–H groups in total. The fraction of sp³-hybridized carbons (Fsp3) is 0.562. The third-order valence-corrected chi connectivity index (χ3v) is 3.80. The van der Waals surface area contributed by atoms with E-state index in [9.17, 15) is 4.79 Å². The van der Waals surface area contributed by atoms with E-state index in [-0.39, 0.29) is 11.9 Å². The van der Waals surface area contributed by atoms with Crippen LogP contribution in [0.2, 0.25) is 0 Å². The van der Waals surface area contributed by atoms with Gasteiger partial charge in [-0.15, -0.1) is 0 Å². The molecule has 5 nitrogen and oxygen atoms in total. The number of nitrogens with zero attached hydrogens (tertiary/aromatic N) is 1. The van der Waals surface area contributed by atoms with E-state index in [2.05, 4.69) is 0 Å². The standard InChI is InChI=1S/C16H24N2O3/c1-20-9-10-21-15-7-4-5-13(11-15)16(19)18-8-3-2-6-14(18)12-17/h4-5,7,11,14H,2-3,6,8-10,12,17H2,1H3. The topological polar surface area (TPSA) is 64.8 Å². The number of carbonyl (C=O) groups is 1. The summed E-state index contributed by atoms with van der Waals surface area (Å²) in [5.74, 6) is 0.738. The highest BCUT2D eigenvalue weighted by atomic mass is 16.5. The average Bonchev–Trinajstić information content (AvgIpc) is 2.54. The number of piperidine rings is 1. The third-order valence-electron chi connectivity index (χ3n) is 3.80. The Bertz CT molecular complexity index is 465. The van der Waals surface area contributed by atoms with Crippen molar-refractivity contribution < 1.29 is 14.3 Å². The smallest absolute Gasteiger partial charge is 0.254 e. The van der Waals surface area contributed by atoms with Crippen LogP contribution in [0.4, 0.5) is 0 Å². The van der Waals surface area contributed by atoms with Gasteiger partial charge in [0.25, 0.3) is 5.91 Å². The van der Waals surface area contributed by atoms with Crippen molar-refractivity contribution in [3.8, 4) is 5.75 Å². The van der Waals surface area contributed by atoms with Crippen molar-refractivity contribution >= 4 is 5.91 Å². The van der Waals surface area contributed by atoms with Gasteiger partial charge in [-0.25, -0.2) is 0 Å². The lowest BCUT2D eigenvalue weighted by Crippen LogP contribution is -2.47. The molecule has 21 heavy (non-hydrogen) atoms. The summed E-state index contributed by atoms with van der Waals surface area (Å²) in [5, 5.41) is 0. The Morgan fingerprint density at radius 3 is 3.00 bits per heavy atom. The Morgan fingerprint density at radius 1 is 1.38 bits per heavy atom. The molecule has 0 spiro atoms. The highest BCUT2D eigenvalue weighted by Crippen LogP contribution is 2.21. The molecule has 1 fully saturated rings. The van der Waals surface area contributed by atoms with Gasteiger partial charge in [0, 0.05) is 31.8 Å². The lowest BCUT2D eigenvalue weighted by Gasteiger charge is -2.35. The van der Waals surface area contributed by atoms with Crippen LogP contribution < -0.4 is 10.5 Å². The van der Waals surface area contributed by atoms with Crippen LogP contribution in [0.5, 0.6) is 5.75 Å². The zero-order chi connectivity index (χ0) is 15.1. The second kappa shape index (κ2) is 8.00. The van der Waals surface area contributed by atoms with Gasteiger partial charge in [0.15, 0.2) is 0 Å². The molecule has 0 aromatic heterocycles. The van der Waals surface area contributed by atoms with Crippen LogP contribution in [0.25, 0.3) is 0 Å². The summed E-state index contributed by atoms with van der Waals surface area (Å²) < 4.78 is 10.5. The number of methoxy groups -OCH3 is 1. The zero-order valence-corrected chi connectivity index (χ0v) is 12.6. The molecule has 1 atom stereocenters. The normalized spacial score (nSPS) is 18.6. The molecule has 0 aliphatic carbocycles. The van der Waals surface area contributed by atoms with Gasteiger partial charge in [-0.2, -0.15) is 0 Å². The van der Waals surface area contributed by atoms with Crippen LogP contribution >= 0.6 is 0 Å². The number of likely N-dealkylation sites (tertiary alicyclic amines) is 1. The van der Waals surface area contributed by atoms with E-state index >= 15 is 0 Å². The van der Waals surface area contributed by atoms with Crippen LogP contribution in [0.3, 0.4) is 0 Å². The van der Waals surface area contributed by atoms with Gasteiger partial charge in [0.2, 0.25) is 0 Å². The molecule has 1 aliphatic rings. The van der Waals surface area contributed by atoms with E-state index in [1.54, 1.807) is 13.2 Å². The maximum absolute atomic E-state index is 12.6. The van der Waals surface area contributed by atoms with E-state index in [0.29, 0.717) is 31.1 Å². The lowest BCUT2D eigenvalue weighted by molar-refractivity contribution is 0.0622. The second-order valence-electron chi connectivity index (χ2n) is 5.25. The van der Waals surface area contributed by atoms with Crippen LogP contribution in [0, 0.1) is 0 Å². The molecule has 1 amide bonds. The van der Waals surface area contributed by atoms with Gasteiger partial charge >= 0.3 is 0 Å². The van der Waals surface area contributed by atoms with Gasteiger partial charge in [0.05, 0.1) is 6.61 Å². The Hall–Kier alpha value is -1.59. The molecule has 0 bridgehead atoms. The fourth-order valence-electron chi connectivity index (χ4n) is 2.64. The lowest BCUT2D eigenvalue weighted by atomic mass is 10.0. The maximum Gasteiger partial charge on any atom is 0.254 e. The summed E-state index contributed by atoms with van der Waals surface area (Å²) in [6.07, 6.45) is 3.18. The number of nitrogens with two attached hydrogens (primary N) is 1. The minimum Gasteiger partial charge on any atom is -0.491 e. The highest BCUT2D eigenvalue weighted by Gasteiger charge is 2.26. The largest absolute Gasteiger partial charge is 0.491 e. The molecule has 1 saturated heterocycles. The second-order valence-corrected chi connectivity index (χ2v) is 5.25. The summed E-state index contributed by atoms with van der Waals surface area (Å²) in [4.78, 5) is 14.5. The molecule has 0 saturated carbocycles. The first-order valence-electron chi connectivity index (χ1n) is 7.49. The molecular formula is C16H24N2O3. The predicted molar refractivity (Wildman–Crippen MR) is 81.5 cm³/mol. The predicted octanol–water partition coefficient (Wildman–Crippen LogP) is 1.67. The Labute approximate surface area is 126 Å². The first kappa shape index (κ1) is 15.8. The highest BCUT2D eigenvalue weighted by molar-refractivity contribution is 5.94. The van der Waals surface area contributed by atoms with E-state index in [1.807, 2.05) is 23.1 Å². The molecule has 1 unspecified atom stereocenters. The van der Waals surface area contributed by atoms with Crippen molar-refractivity contribution in [1.29, 1.82) is 0 Å². The maximum atomic E-state index is 12.6. The van der Waals surface area contributed by atoms with E-state index in [4.69, 9.17) is 15.2 Å². The van der Waals surface area contributed by atoms with Gasteiger partial charge in [-0.1, -0.05) is 6.07 Å². The molecule has 0 radical (unpaired) electrons. The quantitative estimate of drug-likeness (QED) is 0.810. The molecule has 5 heteroatoms. The van der Waals surface area contributed by atoms with Crippen molar-refractivity contribution in [2.75, 3.05) is 33.4 Å². The summed E-state index contributed by atoms with van der Waals surface area (Å²) >= 11 is 0.